The van der Waals surface area contributed by atoms with E-state index in [2.05, 4.69) is 33.5 Å². The fourth-order valence-corrected chi connectivity index (χ4v) is 3.46. The zero-order valence-corrected chi connectivity index (χ0v) is 15.6. The van der Waals surface area contributed by atoms with Gasteiger partial charge in [-0.2, -0.15) is 4.98 Å². The monoisotopic (exact) mass is 346 g/mol. The van der Waals surface area contributed by atoms with Gasteiger partial charge in [-0.3, -0.25) is 4.79 Å². The first-order valence-corrected chi connectivity index (χ1v) is 9.38. The van der Waals surface area contributed by atoms with Crippen LogP contribution < -0.4 is 20.4 Å². The van der Waals surface area contributed by atoms with Gasteiger partial charge in [0, 0.05) is 64.0 Å². The second kappa shape index (κ2) is 7.99. The molecule has 2 N–H and O–H groups in total. The number of nitrogens with zero attached hydrogens (tertiary/aromatic N) is 4. The lowest BCUT2D eigenvalue weighted by Crippen LogP contribution is -2.46. The summed E-state index contributed by atoms with van der Waals surface area (Å²) >= 11 is 0. The van der Waals surface area contributed by atoms with E-state index in [0.29, 0.717) is 18.5 Å². The van der Waals surface area contributed by atoms with Crippen molar-refractivity contribution in [1.29, 1.82) is 0 Å². The summed E-state index contributed by atoms with van der Waals surface area (Å²) in [5.74, 6) is 2.01. The molecule has 2 aliphatic heterocycles. The van der Waals surface area contributed by atoms with Crippen LogP contribution in [0.25, 0.3) is 0 Å². The Morgan fingerprint density at radius 1 is 1.28 bits per heavy atom. The van der Waals surface area contributed by atoms with E-state index in [1.807, 2.05) is 19.0 Å². The summed E-state index contributed by atoms with van der Waals surface area (Å²) in [6.45, 7) is 5.02. The van der Waals surface area contributed by atoms with Crippen LogP contribution >= 0.6 is 0 Å². The molecule has 0 radical (unpaired) electrons. The van der Waals surface area contributed by atoms with Gasteiger partial charge in [-0.25, -0.2) is 4.98 Å². The predicted octanol–water partition coefficient (Wildman–Crippen LogP) is 0.942. The third kappa shape index (κ3) is 4.60. The maximum atomic E-state index is 11.3. The number of anilines is 2. The van der Waals surface area contributed by atoms with Crippen LogP contribution in [-0.2, 0) is 11.2 Å². The molecule has 0 aromatic carbocycles. The third-order valence-electron chi connectivity index (χ3n) is 5.07. The molecule has 7 heteroatoms. The highest BCUT2D eigenvalue weighted by Gasteiger charge is 2.24. The lowest BCUT2D eigenvalue weighted by molar-refractivity contribution is -0.119. The molecular formula is C18H30N6O. The maximum Gasteiger partial charge on any atom is 0.227 e. The van der Waals surface area contributed by atoms with Gasteiger partial charge in [0.05, 0.1) is 0 Å². The van der Waals surface area contributed by atoms with E-state index >= 15 is 0 Å². The Balaban J connectivity index is 1.53. The SMILES string of the molecule is CCc1cc(N2CCC(NCC3CCC(=O)N3)CC2)nc(N(C)C)n1. The first-order chi connectivity index (χ1) is 12.0. The summed E-state index contributed by atoms with van der Waals surface area (Å²) in [6, 6.07) is 2.95. The fraction of sp³-hybridized carbons (Fsp3) is 0.722. The molecule has 0 aliphatic carbocycles. The predicted molar refractivity (Wildman–Crippen MR) is 100 cm³/mol. The lowest BCUT2D eigenvalue weighted by atomic mass is 10.0. The summed E-state index contributed by atoms with van der Waals surface area (Å²) in [7, 11) is 3.97. The molecule has 0 saturated carbocycles. The molecule has 0 spiro atoms. The molecule has 2 saturated heterocycles. The molecule has 1 unspecified atom stereocenters. The summed E-state index contributed by atoms with van der Waals surface area (Å²) in [5.41, 5.74) is 1.09. The lowest BCUT2D eigenvalue weighted by Gasteiger charge is -2.34. The maximum absolute atomic E-state index is 11.3. The zero-order chi connectivity index (χ0) is 17.8. The molecule has 7 nitrogen and oxygen atoms in total. The van der Waals surface area contributed by atoms with Crippen molar-refractivity contribution in [2.75, 3.05) is 43.5 Å². The number of piperidine rings is 1. The number of aryl methyl sites for hydroxylation is 1. The standard InChI is InChI=1S/C18H30N6O/c1-4-13-11-16(22-18(21-13)23(2)3)24-9-7-14(8-10-24)19-12-15-5-6-17(25)20-15/h11,14-15,19H,4-10,12H2,1-3H3,(H,20,25). The molecule has 1 aromatic rings. The molecule has 1 atom stereocenters. The summed E-state index contributed by atoms with van der Waals surface area (Å²) in [6.07, 6.45) is 4.75. The number of rotatable bonds is 6. The van der Waals surface area contributed by atoms with Crippen LogP contribution in [0.3, 0.4) is 0 Å². The minimum Gasteiger partial charge on any atom is -0.356 e. The molecule has 3 rings (SSSR count). The summed E-state index contributed by atoms with van der Waals surface area (Å²) < 4.78 is 0. The topological polar surface area (TPSA) is 73.4 Å². The van der Waals surface area contributed by atoms with Crippen molar-refractivity contribution in [2.45, 2.75) is 51.1 Å². The minimum atomic E-state index is 0.189. The van der Waals surface area contributed by atoms with Gasteiger partial charge < -0.3 is 20.4 Å². The van der Waals surface area contributed by atoms with Crippen molar-refractivity contribution in [3.8, 4) is 0 Å². The number of aromatic nitrogens is 2. The Bertz CT molecular complexity index is 597. The number of amides is 1. The van der Waals surface area contributed by atoms with Crippen molar-refractivity contribution in [3.05, 3.63) is 11.8 Å². The molecule has 25 heavy (non-hydrogen) atoms. The summed E-state index contributed by atoms with van der Waals surface area (Å²) in [5, 5.41) is 6.65. The molecule has 2 fully saturated rings. The van der Waals surface area contributed by atoms with Crippen molar-refractivity contribution >= 4 is 17.7 Å². The smallest absolute Gasteiger partial charge is 0.227 e. The number of carbonyl (C=O) groups excluding carboxylic acids is 1. The second-order valence-electron chi connectivity index (χ2n) is 7.24. The zero-order valence-electron chi connectivity index (χ0n) is 15.6. The Morgan fingerprint density at radius 3 is 2.64 bits per heavy atom. The van der Waals surface area contributed by atoms with Crippen LogP contribution in [0.5, 0.6) is 0 Å². The van der Waals surface area contributed by atoms with Crippen molar-refractivity contribution in [3.63, 3.8) is 0 Å². The van der Waals surface area contributed by atoms with Gasteiger partial charge in [0.2, 0.25) is 11.9 Å². The second-order valence-corrected chi connectivity index (χ2v) is 7.24. The van der Waals surface area contributed by atoms with E-state index in [-0.39, 0.29) is 5.91 Å². The largest absolute Gasteiger partial charge is 0.356 e. The highest BCUT2D eigenvalue weighted by Crippen LogP contribution is 2.21. The molecule has 138 valence electrons. The van der Waals surface area contributed by atoms with Crippen molar-refractivity contribution in [2.24, 2.45) is 0 Å². The van der Waals surface area contributed by atoms with E-state index < -0.39 is 0 Å². The van der Waals surface area contributed by atoms with Crippen LogP contribution in [0.2, 0.25) is 0 Å². The molecule has 1 aromatic heterocycles. The Hall–Kier alpha value is -1.89. The van der Waals surface area contributed by atoms with Crippen LogP contribution in [-0.4, -0.2) is 61.7 Å². The highest BCUT2D eigenvalue weighted by atomic mass is 16.1. The van der Waals surface area contributed by atoms with E-state index in [1.165, 1.54) is 0 Å². The van der Waals surface area contributed by atoms with Gasteiger partial charge in [0.25, 0.3) is 0 Å². The van der Waals surface area contributed by atoms with Gasteiger partial charge >= 0.3 is 0 Å². The Labute approximate surface area is 150 Å². The average molecular weight is 346 g/mol. The first-order valence-electron chi connectivity index (χ1n) is 9.38. The van der Waals surface area contributed by atoms with Crippen molar-refractivity contribution in [1.82, 2.24) is 20.6 Å². The normalized spacial score (nSPS) is 21.5. The Kier molecular flexibility index (Phi) is 5.73. The number of hydrogen-bond donors (Lipinski definition) is 2. The van der Waals surface area contributed by atoms with Gasteiger partial charge in [0.15, 0.2) is 0 Å². The average Bonchev–Trinajstić information content (AvgIpc) is 3.05. The van der Waals surface area contributed by atoms with Crippen molar-refractivity contribution < 1.29 is 4.79 Å². The van der Waals surface area contributed by atoms with Gasteiger partial charge in [-0.15, -0.1) is 0 Å². The molecule has 0 bridgehead atoms. The molecular weight excluding hydrogens is 316 g/mol. The highest BCUT2D eigenvalue weighted by molar-refractivity contribution is 5.78. The van der Waals surface area contributed by atoms with Crippen LogP contribution in [0, 0.1) is 0 Å². The van der Waals surface area contributed by atoms with Gasteiger partial charge in [-0.1, -0.05) is 6.92 Å². The minimum absolute atomic E-state index is 0.189. The number of hydrogen-bond acceptors (Lipinski definition) is 6. The molecule has 1 amide bonds. The Morgan fingerprint density at radius 2 is 2.04 bits per heavy atom. The van der Waals surface area contributed by atoms with E-state index in [4.69, 9.17) is 4.98 Å². The molecule has 3 heterocycles. The van der Waals surface area contributed by atoms with Crippen LogP contribution in [0.1, 0.15) is 38.3 Å². The third-order valence-corrected chi connectivity index (χ3v) is 5.07. The number of nitrogens with one attached hydrogen (secondary N) is 2. The van der Waals surface area contributed by atoms with Crippen LogP contribution in [0.15, 0.2) is 6.07 Å². The molecule has 2 aliphatic rings. The van der Waals surface area contributed by atoms with Gasteiger partial charge in [0.1, 0.15) is 5.82 Å². The van der Waals surface area contributed by atoms with E-state index in [9.17, 15) is 4.79 Å². The van der Waals surface area contributed by atoms with Crippen LogP contribution in [0.4, 0.5) is 11.8 Å². The van der Waals surface area contributed by atoms with E-state index in [1.54, 1.807) is 0 Å². The first kappa shape index (κ1) is 17.9. The quantitative estimate of drug-likeness (QED) is 0.799. The fourth-order valence-electron chi connectivity index (χ4n) is 3.46. The van der Waals surface area contributed by atoms with Gasteiger partial charge in [-0.05, 0) is 25.7 Å². The van der Waals surface area contributed by atoms with E-state index in [0.717, 1.165) is 62.8 Å². The summed E-state index contributed by atoms with van der Waals surface area (Å²) in [4.78, 5) is 24.9. The number of carbonyl (C=O) groups is 1.